The molecule has 0 spiro atoms. The van der Waals surface area contributed by atoms with E-state index in [2.05, 4.69) is 6.07 Å². The Hall–Kier alpha value is -0.0200. The summed E-state index contributed by atoms with van der Waals surface area (Å²) in [4.78, 5) is 0. The average molecular weight is 200 g/mol. The van der Waals surface area contributed by atoms with Crippen LogP contribution in [0.15, 0.2) is 16.5 Å². The molecule has 2 rings (SSSR count). The fourth-order valence-corrected chi connectivity index (χ4v) is 4.01. The van der Waals surface area contributed by atoms with E-state index in [4.69, 9.17) is 4.42 Å². The first-order valence-corrected chi connectivity index (χ1v) is 6.25. The van der Waals surface area contributed by atoms with E-state index >= 15 is 0 Å². The van der Waals surface area contributed by atoms with Crippen molar-refractivity contribution in [3.05, 3.63) is 23.7 Å². The van der Waals surface area contributed by atoms with E-state index in [1.54, 1.807) is 0 Å². The zero-order valence-electron chi connectivity index (χ0n) is 7.08. The minimum atomic E-state index is 0.549. The minimum Gasteiger partial charge on any atom is -0.464 e. The first-order chi connectivity index (χ1) is 5.86. The van der Waals surface area contributed by atoms with Crippen LogP contribution in [0, 0.1) is 6.92 Å². The van der Waals surface area contributed by atoms with Crippen molar-refractivity contribution in [3.63, 3.8) is 0 Å². The van der Waals surface area contributed by atoms with Crippen LogP contribution < -0.4 is 0 Å². The molecular weight excluding hydrogens is 188 g/mol. The molecule has 1 fully saturated rings. The highest BCUT2D eigenvalue weighted by Gasteiger charge is 2.18. The summed E-state index contributed by atoms with van der Waals surface area (Å²) in [7, 11) is 0. The second-order valence-corrected chi connectivity index (χ2v) is 5.60. The molecule has 3 heteroatoms. The van der Waals surface area contributed by atoms with E-state index in [9.17, 15) is 0 Å². The number of aryl methyl sites for hydroxylation is 1. The first kappa shape index (κ1) is 8.57. The van der Waals surface area contributed by atoms with E-state index in [1.807, 2.05) is 36.5 Å². The highest BCUT2D eigenvalue weighted by molar-refractivity contribution is 8.16. The van der Waals surface area contributed by atoms with Crippen molar-refractivity contribution in [1.29, 1.82) is 0 Å². The fraction of sp³-hybridized carbons (Fsp3) is 0.556. The molecule has 0 N–H and O–H groups in total. The molecule has 1 nitrogen and oxygen atoms in total. The van der Waals surface area contributed by atoms with Crippen LogP contribution in [0.4, 0.5) is 0 Å². The highest BCUT2D eigenvalue weighted by atomic mass is 32.2. The number of hydrogen-bond donors (Lipinski definition) is 0. The van der Waals surface area contributed by atoms with Gasteiger partial charge in [-0.1, -0.05) is 0 Å². The molecule has 0 radical (unpaired) electrons. The van der Waals surface area contributed by atoms with Crippen LogP contribution in [0.3, 0.4) is 0 Å². The topological polar surface area (TPSA) is 13.1 Å². The molecular formula is C9H12OS2. The number of rotatable bonds is 1. The predicted octanol–water partition coefficient (Wildman–Crippen LogP) is 3.46. The molecule has 0 amide bonds. The largest absolute Gasteiger partial charge is 0.464 e. The van der Waals surface area contributed by atoms with Crippen molar-refractivity contribution in [3.8, 4) is 0 Å². The molecule has 0 aromatic carbocycles. The summed E-state index contributed by atoms with van der Waals surface area (Å²) in [5.74, 6) is 4.72. The Morgan fingerprint density at radius 3 is 2.67 bits per heavy atom. The van der Waals surface area contributed by atoms with Gasteiger partial charge in [-0.2, -0.15) is 0 Å². The Morgan fingerprint density at radius 2 is 2.08 bits per heavy atom. The lowest BCUT2D eigenvalue weighted by atomic mass is 10.5. The third-order valence-electron chi connectivity index (χ3n) is 1.82. The predicted molar refractivity (Wildman–Crippen MR) is 55.7 cm³/mol. The van der Waals surface area contributed by atoms with E-state index in [0.29, 0.717) is 4.58 Å². The fourth-order valence-electron chi connectivity index (χ4n) is 1.23. The lowest BCUT2D eigenvalue weighted by Gasteiger charge is -2.18. The average Bonchev–Trinajstić information content (AvgIpc) is 2.54. The van der Waals surface area contributed by atoms with Gasteiger partial charge >= 0.3 is 0 Å². The zero-order chi connectivity index (χ0) is 8.39. The second kappa shape index (κ2) is 3.79. The van der Waals surface area contributed by atoms with Crippen molar-refractivity contribution in [2.24, 2.45) is 0 Å². The second-order valence-electron chi connectivity index (χ2n) is 2.88. The Bertz CT molecular complexity index is 251. The summed E-state index contributed by atoms with van der Waals surface area (Å²) in [6, 6.07) is 4.15. The van der Waals surface area contributed by atoms with Crippen molar-refractivity contribution in [1.82, 2.24) is 0 Å². The molecule has 0 unspecified atom stereocenters. The van der Waals surface area contributed by atoms with Gasteiger partial charge in [0.05, 0.1) is 0 Å². The SMILES string of the molecule is Cc1ccc(C2SCCCS2)o1. The van der Waals surface area contributed by atoms with Gasteiger partial charge in [0.2, 0.25) is 0 Å². The van der Waals surface area contributed by atoms with Crippen molar-refractivity contribution < 1.29 is 4.42 Å². The third kappa shape index (κ3) is 1.83. The Morgan fingerprint density at radius 1 is 1.33 bits per heavy atom. The first-order valence-electron chi connectivity index (χ1n) is 4.16. The summed E-state index contributed by atoms with van der Waals surface area (Å²) in [5.41, 5.74) is 0. The van der Waals surface area contributed by atoms with Gasteiger partial charge in [-0.05, 0) is 37.0 Å². The van der Waals surface area contributed by atoms with Crippen LogP contribution in [0.2, 0.25) is 0 Å². The zero-order valence-corrected chi connectivity index (χ0v) is 8.71. The van der Waals surface area contributed by atoms with Crippen LogP contribution >= 0.6 is 23.5 Å². The standard InChI is InChI=1S/C9H12OS2/c1-7-3-4-8(10-7)9-11-5-2-6-12-9/h3-4,9H,2,5-6H2,1H3. The van der Waals surface area contributed by atoms with Crippen LogP contribution in [0.5, 0.6) is 0 Å². The number of hydrogen-bond acceptors (Lipinski definition) is 3. The maximum absolute atomic E-state index is 5.58. The molecule has 12 heavy (non-hydrogen) atoms. The molecule has 1 aromatic heterocycles. The number of furan rings is 1. The molecule has 0 atom stereocenters. The third-order valence-corrected chi connectivity index (χ3v) is 4.76. The van der Waals surface area contributed by atoms with Gasteiger partial charge in [0, 0.05) is 0 Å². The highest BCUT2D eigenvalue weighted by Crippen LogP contribution is 2.43. The molecule has 1 aliphatic rings. The van der Waals surface area contributed by atoms with Crippen LogP contribution in [0.1, 0.15) is 22.5 Å². The van der Waals surface area contributed by atoms with Gasteiger partial charge in [-0.3, -0.25) is 0 Å². The van der Waals surface area contributed by atoms with Crippen molar-refractivity contribution in [2.75, 3.05) is 11.5 Å². The molecule has 0 bridgehead atoms. The Kier molecular flexibility index (Phi) is 2.71. The Balaban J connectivity index is 2.08. The van der Waals surface area contributed by atoms with Gasteiger partial charge < -0.3 is 4.42 Å². The lowest BCUT2D eigenvalue weighted by molar-refractivity contribution is 0.499. The van der Waals surface area contributed by atoms with Crippen LogP contribution in [-0.4, -0.2) is 11.5 Å². The smallest absolute Gasteiger partial charge is 0.127 e. The number of thioether (sulfide) groups is 2. The van der Waals surface area contributed by atoms with Gasteiger partial charge in [0.1, 0.15) is 16.1 Å². The van der Waals surface area contributed by atoms with Gasteiger partial charge in [-0.15, -0.1) is 23.5 Å². The summed E-state index contributed by atoms with van der Waals surface area (Å²) in [6.45, 7) is 2.00. The molecule has 0 saturated carbocycles. The molecule has 0 aliphatic carbocycles. The van der Waals surface area contributed by atoms with Crippen LogP contribution in [0.25, 0.3) is 0 Å². The van der Waals surface area contributed by atoms with E-state index < -0.39 is 0 Å². The van der Waals surface area contributed by atoms with Crippen molar-refractivity contribution >= 4 is 23.5 Å². The van der Waals surface area contributed by atoms with Gasteiger partial charge in [0.15, 0.2) is 0 Å². The van der Waals surface area contributed by atoms with E-state index in [1.165, 1.54) is 17.9 Å². The summed E-state index contributed by atoms with van der Waals surface area (Å²) < 4.78 is 6.13. The normalized spacial score (nSPS) is 19.8. The van der Waals surface area contributed by atoms with E-state index in [0.717, 1.165) is 11.5 Å². The van der Waals surface area contributed by atoms with Gasteiger partial charge in [-0.25, -0.2) is 0 Å². The molecule has 66 valence electrons. The summed E-state index contributed by atoms with van der Waals surface area (Å²) in [5, 5.41) is 0. The molecule has 1 saturated heterocycles. The molecule has 1 aromatic rings. The summed E-state index contributed by atoms with van der Waals surface area (Å²) in [6.07, 6.45) is 1.34. The van der Waals surface area contributed by atoms with Crippen molar-refractivity contribution in [2.45, 2.75) is 17.9 Å². The maximum atomic E-state index is 5.58. The lowest BCUT2D eigenvalue weighted by Crippen LogP contribution is -1.98. The quantitative estimate of drug-likeness (QED) is 0.689. The van der Waals surface area contributed by atoms with E-state index in [-0.39, 0.29) is 0 Å². The van der Waals surface area contributed by atoms with Gasteiger partial charge in [0.25, 0.3) is 0 Å². The molecule has 1 aliphatic heterocycles. The maximum Gasteiger partial charge on any atom is 0.127 e. The monoisotopic (exact) mass is 200 g/mol. The minimum absolute atomic E-state index is 0.549. The molecule has 2 heterocycles. The Labute approximate surface area is 81.3 Å². The van der Waals surface area contributed by atoms with Crippen LogP contribution in [-0.2, 0) is 0 Å². The summed E-state index contributed by atoms with van der Waals surface area (Å²) >= 11 is 4.00.